The van der Waals surface area contributed by atoms with E-state index in [1.165, 1.54) is 32.4 Å². The number of aromatic amines is 1. The van der Waals surface area contributed by atoms with E-state index >= 15 is 0 Å². The van der Waals surface area contributed by atoms with Gasteiger partial charge in [-0.3, -0.25) is 4.79 Å². The second-order valence-electron chi connectivity index (χ2n) is 21.5. The van der Waals surface area contributed by atoms with E-state index in [9.17, 15) is 45.3 Å². The van der Waals surface area contributed by atoms with Gasteiger partial charge in [0.05, 0.1) is 37.5 Å². The van der Waals surface area contributed by atoms with Crippen LogP contribution < -0.4 is 10.6 Å². The first-order valence-electron chi connectivity index (χ1n) is 24.9. The Morgan fingerprint density at radius 1 is 1.07 bits per heavy atom. The van der Waals surface area contributed by atoms with E-state index in [2.05, 4.69) is 36.4 Å². The minimum Gasteiger partial charge on any atom is -0.508 e. The third kappa shape index (κ3) is 6.77. The van der Waals surface area contributed by atoms with Gasteiger partial charge in [-0.2, -0.15) is 0 Å². The number of phenolic OH excluding ortho intramolecular Hbond substituents is 1. The van der Waals surface area contributed by atoms with Crippen LogP contribution >= 0.6 is 0 Å². The van der Waals surface area contributed by atoms with Gasteiger partial charge in [-0.15, -0.1) is 12.5 Å². The molecule has 5 fully saturated rings. The second kappa shape index (κ2) is 17.4. The molecule has 8 aliphatic rings. The number of fused-ring (bicyclic) bond motifs is 6. The number of aliphatic hydroxyl groups is 5. The number of hydrogen-bond acceptors (Lipinski definition) is 12. The lowest BCUT2D eigenvalue weighted by atomic mass is 9.44. The van der Waals surface area contributed by atoms with Gasteiger partial charge >= 0.3 is 11.9 Å². The Morgan fingerprint density at radius 3 is 2.57 bits per heavy atom. The molecule has 14 nitrogen and oxygen atoms in total. The van der Waals surface area contributed by atoms with Crippen molar-refractivity contribution in [1.29, 1.82) is 0 Å². The van der Waals surface area contributed by atoms with E-state index in [1.54, 1.807) is 24.3 Å². The van der Waals surface area contributed by atoms with Gasteiger partial charge in [0.25, 0.3) is 0 Å². The molecule has 14 atom stereocenters. The minimum absolute atomic E-state index is 0.00210. The lowest BCUT2D eigenvalue weighted by Gasteiger charge is -2.75. The molecule has 2 aromatic rings. The summed E-state index contributed by atoms with van der Waals surface area (Å²) in [6.07, 6.45) is 5.94. The zero-order chi connectivity index (χ0) is 48.0. The Morgan fingerprint density at radius 2 is 1.87 bits per heavy atom. The van der Waals surface area contributed by atoms with E-state index in [-0.39, 0.29) is 67.8 Å². The molecule has 2 saturated heterocycles. The van der Waals surface area contributed by atoms with Gasteiger partial charge in [0, 0.05) is 53.2 Å². The van der Waals surface area contributed by atoms with Crippen LogP contribution in [0.1, 0.15) is 114 Å². The summed E-state index contributed by atoms with van der Waals surface area (Å²) in [5.41, 5.74) is -5.03. The van der Waals surface area contributed by atoms with Crippen molar-refractivity contribution in [1.82, 2.24) is 4.98 Å². The molecule has 5 heterocycles. The molecule has 0 radical (unpaired) electrons. The van der Waals surface area contributed by atoms with Crippen LogP contribution in [0.15, 0.2) is 54.6 Å². The molecule has 4 aliphatic carbocycles. The number of aliphatic hydroxyl groups excluding tert-OH is 4. The number of H-pyrrole nitrogens is 1. The number of nitrogens with one attached hydrogen (secondary N) is 1. The zero-order valence-electron chi connectivity index (χ0n) is 39.1. The Kier molecular flexibility index (Phi) is 12.1. The van der Waals surface area contributed by atoms with Gasteiger partial charge in [0.15, 0.2) is 16.8 Å². The Bertz CT molecular complexity index is 2570. The van der Waals surface area contributed by atoms with Crippen LogP contribution in [0.5, 0.6) is 5.75 Å². The summed E-state index contributed by atoms with van der Waals surface area (Å²) in [5.74, 6) is 0.372. The maximum Gasteiger partial charge on any atom is 0.333 e. The summed E-state index contributed by atoms with van der Waals surface area (Å²) in [6.45, 7) is 5.32. The standard InChI is InChI=1S/C54H67NO13/c1-4-36-38(26-45(59)60)37(47(61)65-3)16-17-42(36)67-54-48(62)50(20-18-32(27-50)22-31-10-8-14-35(58)23-31)44-15-9-11-33(28-56)24-43-46-39(25-41(55-46)30(2)34-12-6-5-7-13-34)40-19-21-51(54,64)49(63)53(40,66-43)52(44,29-57)68-54/h4,8,10,14,16,23,25,30,32-34,36,38,42,44,48-49,55-58,62-64H,1,5-7,11-13,17-22,24,26-29H2,2-3H3,(H,59,60). The summed E-state index contributed by atoms with van der Waals surface area (Å²) in [4.78, 5) is 29.3. The van der Waals surface area contributed by atoms with Crippen LogP contribution in [0.25, 0.3) is 11.3 Å². The fourth-order valence-electron chi connectivity index (χ4n) is 14.8. The molecule has 14 unspecified atom stereocenters. The van der Waals surface area contributed by atoms with Crippen LogP contribution in [0.3, 0.4) is 0 Å². The number of carboxylic acids is 1. The topological polar surface area (TPSA) is 228 Å². The highest BCUT2D eigenvalue weighted by Crippen LogP contribution is 2.72. The molecule has 8 N–H and O–H groups in total. The first-order chi connectivity index (χ1) is 32.6. The minimum atomic E-state index is -2.49. The first kappa shape index (κ1) is 47.2. The van der Waals surface area contributed by atoms with Crippen LogP contribution in [-0.2, 0) is 35.0 Å². The molecular formula is C54H67NO13. The normalized spacial score (nSPS) is 39.8. The van der Waals surface area contributed by atoms with Gasteiger partial charge < -0.3 is 59.7 Å². The summed E-state index contributed by atoms with van der Waals surface area (Å²) < 4.78 is 27.3. The van der Waals surface area contributed by atoms with Crippen molar-refractivity contribution in [3.63, 3.8) is 0 Å². The number of aliphatic carboxylic acids is 1. The number of carbonyl (C=O) groups excluding carboxylic acids is 1. The largest absolute Gasteiger partial charge is 0.508 e. The van der Waals surface area contributed by atoms with E-state index < -0.39 is 89.0 Å². The SMILES string of the molecule is C=CC1C(OC23OC4(CO)C(C#CCC(CO)CC5=c6[nH]c(C(C)C7CCCCC7)cc6=C6CCC2(O)C(O)C64O5)C2(CCC(Cc4cccc(O)c4)C2)C3O)CC=C(C(=O)OC)C1CC(=O)O. The molecular weight excluding hydrogens is 871 g/mol. The van der Waals surface area contributed by atoms with Crippen LogP contribution in [0.2, 0.25) is 0 Å². The Labute approximate surface area is 396 Å². The average molecular weight is 938 g/mol. The number of hydrogen-bond donors (Lipinski definition) is 8. The number of ether oxygens (including phenoxy) is 4. The molecule has 2 spiro atoms. The molecule has 3 saturated carbocycles. The van der Waals surface area contributed by atoms with E-state index in [4.69, 9.17) is 18.9 Å². The number of esters is 1. The highest BCUT2D eigenvalue weighted by molar-refractivity contribution is 5.90. The number of rotatable bonds is 12. The van der Waals surface area contributed by atoms with Crippen LogP contribution in [0, 0.1) is 52.8 Å². The van der Waals surface area contributed by atoms with Crippen molar-refractivity contribution in [2.24, 2.45) is 40.9 Å². The first-order valence-corrected chi connectivity index (χ1v) is 24.9. The number of carboxylic acid groups (broad SMARTS) is 1. The van der Waals surface area contributed by atoms with Crippen molar-refractivity contribution in [3.8, 4) is 17.6 Å². The van der Waals surface area contributed by atoms with E-state index in [1.807, 2.05) is 6.07 Å². The molecule has 10 rings (SSSR count). The fraction of sp³-hybridized carbons (Fsp3) is 0.630. The van der Waals surface area contributed by atoms with Gasteiger partial charge in [0.1, 0.15) is 23.7 Å². The second-order valence-corrected chi connectivity index (χ2v) is 21.5. The highest BCUT2D eigenvalue weighted by Gasteiger charge is 2.88. The summed E-state index contributed by atoms with van der Waals surface area (Å²) >= 11 is 0. The van der Waals surface area contributed by atoms with E-state index in [0.717, 1.165) is 34.7 Å². The smallest absolute Gasteiger partial charge is 0.333 e. The molecule has 4 aliphatic heterocycles. The number of aromatic hydroxyl groups is 1. The third-order valence-electron chi connectivity index (χ3n) is 18.1. The molecule has 1 aromatic carbocycles. The number of phenols is 1. The maximum atomic E-state index is 13.8. The van der Waals surface area contributed by atoms with E-state index in [0.29, 0.717) is 42.9 Å². The van der Waals surface area contributed by atoms with Crippen molar-refractivity contribution in [2.45, 2.75) is 150 Å². The number of methoxy groups -OCH3 is 1. The van der Waals surface area contributed by atoms with Crippen molar-refractivity contribution in [3.05, 3.63) is 76.5 Å². The lowest BCUT2D eigenvalue weighted by Crippen LogP contribution is -2.93. The van der Waals surface area contributed by atoms with Crippen LogP contribution in [0.4, 0.5) is 0 Å². The molecule has 68 heavy (non-hydrogen) atoms. The molecule has 14 heteroatoms. The number of aromatic nitrogens is 1. The molecule has 5 bridgehead atoms. The van der Waals surface area contributed by atoms with Gasteiger partial charge in [-0.25, -0.2) is 4.79 Å². The molecule has 1 aromatic heterocycles. The zero-order valence-corrected chi connectivity index (χ0v) is 39.1. The predicted molar refractivity (Wildman–Crippen MR) is 247 cm³/mol. The summed E-state index contributed by atoms with van der Waals surface area (Å²) in [5, 5.41) is 86.6. The number of carbonyl (C=O) groups is 2. The van der Waals surface area contributed by atoms with Crippen molar-refractivity contribution in [2.75, 3.05) is 20.3 Å². The van der Waals surface area contributed by atoms with Gasteiger partial charge in [0.2, 0.25) is 5.79 Å². The van der Waals surface area contributed by atoms with Crippen LogP contribution in [-0.4, -0.2) is 114 Å². The van der Waals surface area contributed by atoms with Crippen molar-refractivity contribution < 1.29 is 64.3 Å². The maximum absolute atomic E-state index is 13.8. The predicted octanol–water partition coefficient (Wildman–Crippen LogP) is 3.98. The van der Waals surface area contributed by atoms with Gasteiger partial charge in [-0.1, -0.05) is 56.4 Å². The monoisotopic (exact) mass is 937 g/mol. The molecule has 0 amide bonds. The Hall–Kier alpha value is -4.46. The summed E-state index contributed by atoms with van der Waals surface area (Å²) in [7, 11) is 1.22. The quantitative estimate of drug-likeness (QED) is 0.0858. The van der Waals surface area contributed by atoms with Crippen molar-refractivity contribution >= 4 is 23.3 Å². The fourth-order valence-corrected chi connectivity index (χ4v) is 14.8. The average Bonchev–Trinajstić information content (AvgIpc) is 3.97. The number of benzene rings is 1. The lowest BCUT2D eigenvalue weighted by molar-refractivity contribution is -0.509. The third-order valence-corrected chi connectivity index (χ3v) is 18.1. The summed E-state index contributed by atoms with van der Waals surface area (Å²) in [6, 6.07) is 9.20. The Balaban J connectivity index is 1.20. The van der Waals surface area contributed by atoms with Gasteiger partial charge in [-0.05, 0) is 111 Å². The highest BCUT2D eigenvalue weighted by atomic mass is 16.8. The molecule has 366 valence electrons.